The summed E-state index contributed by atoms with van der Waals surface area (Å²) in [6.07, 6.45) is 4.72. The predicted molar refractivity (Wildman–Crippen MR) is 79.9 cm³/mol. The lowest BCUT2D eigenvalue weighted by molar-refractivity contribution is 0.228. The summed E-state index contributed by atoms with van der Waals surface area (Å²) in [6, 6.07) is 10.1. The third-order valence-electron chi connectivity index (χ3n) is 4.54. The van der Waals surface area contributed by atoms with Crippen molar-refractivity contribution in [3.05, 3.63) is 42.7 Å². The lowest BCUT2D eigenvalue weighted by atomic mass is 10.0. The van der Waals surface area contributed by atoms with Gasteiger partial charge in [0.15, 0.2) is 0 Å². The first kappa shape index (κ1) is 12.6. The lowest BCUT2D eigenvalue weighted by Gasteiger charge is -2.22. The minimum Gasteiger partial charge on any atom is -0.332 e. The van der Waals surface area contributed by atoms with Gasteiger partial charge in [0.1, 0.15) is 0 Å². The molecule has 0 saturated carbocycles. The number of benzene rings is 1. The number of nitrogens with zero attached hydrogens (tertiary/aromatic N) is 3. The normalized spacial score (nSPS) is 27.0. The van der Waals surface area contributed by atoms with E-state index in [9.17, 15) is 4.79 Å². The van der Waals surface area contributed by atoms with Crippen molar-refractivity contribution in [3.8, 4) is 11.1 Å². The average Bonchev–Trinajstić information content (AvgIpc) is 3.24. The molecule has 2 aliphatic rings. The van der Waals surface area contributed by atoms with Gasteiger partial charge in [0.25, 0.3) is 0 Å². The molecule has 0 aliphatic carbocycles. The van der Waals surface area contributed by atoms with Crippen molar-refractivity contribution in [1.29, 1.82) is 0 Å². The summed E-state index contributed by atoms with van der Waals surface area (Å²) < 4.78 is 1.41. The number of fused-ring (bicyclic) bond motifs is 2. The van der Waals surface area contributed by atoms with Crippen LogP contribution in [0.4, 0.5) is 4.79 Å². The fourth-order valence-electron chi connectivity index (χ4n) is 3.39. The van der Waals surface area contributed by atoms with E-state index in [1.807, 2.05) is 30.3 Å². The fourth-order valence-corrected chi connectivity index (χ4v) is 3.39. The molecule has 5 heteroatoms. The van der Waals surface area contributed by atoms with Crippen LogP contribution >= 0.6 is 0 Å². The van der Waals surface area contributed by atoms with Crippen LogP contribution in [0.3, 0.4) is 0 Å². The van der Waals surface area contributed by atoms with Crippen LogP contribution in [0.5, 0.6) is 0 Å². The molecule has 4 rings (SSSR count). The molecular weight excluding hydrogens is 264 g/mol. The van der Waals surface area contributed by atoms with Gasteiger partial charge in [-0.1, -0.05) is 30.3 Å². The Morgan fingerprint density at radius 2 is 2.05 bits per heavy atom. The van der Waals surface area contributed by atoms with Gasteiger partial charge in [-0.15, -0.1) is 0 Å². The van der Waals surface area contributed by atoms with Crippen molar-refractivity contribution in [2.45, 2.75) is 12.5 Å². The number of carbonyl (C=O) groups is 1. The maximum Gasteiger partial charge on any atom is 0.342 e. The molecule has 3 atom stereocenters. The monoisotopic (exact) mass is 282 g/mol. The van der Waals surface area contributed by atoms with E-state index in [0.717, 1.165) is 24.2 Å². The van der Waals surface area contributed by atoms with Gasteiger partial charge in [-0.05, 0) is 24.4 Å². The zero-order chi connectivity index (χ0) is 14.2. The van der Waals surface area contributed by atoms with E-state index < -0.39 is 0 Å². The molecule has 5 nitrogen and oxygen atoms in total. The van der Waals surface area contributed by atoms with Crippen LogP contribution in [0.15, 0.2) is 42.7 Å². The zero-order valence-corrected chi connectivity index (χ0v) is 11.8. The number of carbonyl (C=O) groups excluding carboxylic acids is 1. The molecule has 2 bridgehead atoms. The first-order valence-electron chi connectivity index (χ1n) is 7.43. The Balaban J connectivity index is 1.47. The number of hydrogen-bond acceptors (Lipinski definition) is 3. The van der Waals surface area contributed by atoms with Gasteiger partial charge in [0.05, 0.1) is 6.20 Å². The lowest BCUT2D eigenvalue weighted by Crippen LogP contribution is -2.45. The Morgan fingerprint density at radius 1 is 1.19 bits per heavy atom. The maximum atomic E-state index is 12.3. The molecule has 2 fully saturated rings. The Hall–Kier alpha value is -2.14. The Bertz CT molecular complexity index is 651. The summed E-state index contributed by atoms with van der Waals surface area (Å²) in [6.45, 7) is 3.28. The molecule has 1 N–H and O–H groups in total. The molecule has 1 amide bonds. The number of nitrogens with one attached hydrogen (secondary N) is 1. The minimum absolute atomic E-state index is 0.129. The molecule has 2 saturated heterocycles. The van der Waals surface area contributed by atoms with Crippen LogP contribution in [0.25, 0.3) is 11.1 Å². The SMILES string of the molecule is O=C(NC1CN2CC[C@H]1C2)n1cc(-c2ccccc2)cn1. The molecule has 2 unspecified atom stereocenters. The summed E-state index contributed by atoms with van der Waals surface area (Å²) in [5.74, 6) is 0.609. The average molecular weight is 282 g/mol. The standard InChI is InChI=1S/C16H18N4O/c21-16(18-15-11-19-7-6-13(15)9-19)20-10-14(8-17-20)12-4-2-1-3-5-12/h1-5,8,10,13,15H,6-7,9,11H2,(H,18,21)/t13-,15?/m0/s1. The van der Waals surface area contributed by atoms with E-state index >= 15 is 0 Å². The summed E-state index contributed by atoms with van der Waals surface area (Å²) in [5, 5.41) is 7.30. The van der Waals surface area contributed by atoms with Crippen LogP contribution < -0.4 is 5.32 Å². The van der Waals surface area contributed by atoms with Crippen LogP contribution in [0.2, 0.25) is 0 Å². The number of aromatic nitrogens is 2. The van der Waals surface area contributed by atoms with E-state index in [1.165, 1.54) is 17.6 Å². The van der Waals surface area contributed by atoms with Gasteiger partial charge in [-0.3, -0.25) is 0 Å². The van der Waals surface area contributed by atoms with Crippen LogP contribution in [0.1, 0.15) is 6.42 Å². The van der Waals surface area contributed by atoms with E-state index in [0.29, 0.717) is 5.92 Å². The van der Waals surface area contributed by atoms with Gasteiger partial charge in [-0.25, -0.2) is 4.79 Å². The van der Waals surface area contributed by atoms with E-state index in [1.54, 1.807) is 12.4 Å². The topological polar surface area (TPSA) is 50.2 Å². The fraction of sp³-hybridized carbons (Fsp3) is 0.375. The van der Waals surface area contributed by atoms with Gasteiger partial charge in [0.2, 0.25) is 0 Å². The van der Waals surface area contributed by atoms with Gasteiger partial charge >= 0.3 is 6.03 Å². The summed E-state index contributed by atoms with van der Waals surface area (Å²) >= 11 is 0. The number of piperidine rings is 1. The quantitative estimate of drug-likeness (QED) is 0.914. The molecule has 3 heterocycles. The Labute approximate surface area is 123 Å². The second-order valence-electron chi connectivity index (χ2n) is 5.90. The smallest absolute Gasteiger partial charge is 0.332 e. The van der Waals surface area contributed by atoms with Crippen LogP contribution in [-0.2, 0) is 0 Å². The first-order valence-corrected chi connectivity index (χ1v) is 7.43. The second kappa shape index (κ2) is 5.00. The highest BCUT2D eigenvalue weighted by Gasteiger charge is 2.38. The van der Waals surface area contributed by atoms with E-state index in [2.05, 4.69) is 15.3 Å². The van der Waals surface area contributed by atoms with Crippen molar-refractivity contribution < 1.29 is 4.79 Å². The van der Waals surface area contributed by atoms with Crippen molar-refractivity contribution in [2.24, 2.45) is 5.92 Å². The second-order valence-corrected chi connectivity index (χ2v) is 5.90. The molecule has 0 spiro atoms. The molecule has 0 radical (unpaired) electrons. The number of rotatable bonds is 2. The predicted octanol–water partition coefficient (Wildman–Crippen LogP) is 1.81. The first-order chi connectivity index (χ1) is 10.3. The van der Waals surface area contributed by atoms with Gasteiger partial charge in [-0.2, -0.15) is 9.78 Å². The van der Waals surface area contributed by atoms with Crippen molar-refractivity contribution in [2.75, 3.05) is 19.6 Å². The number of hydrogen-bond donors (Lipinski definition) is 1. The summed E-state index contributed by atoms with van der Waals surface area (Å²) in [4.78, 5) is 14.7. The minimum atomic E-state index is -0.129. The van der Waals surface area contributed by atoms with Crippen molar-refractivity contribution in [1.82, 2.24) is 20.0 Å². The maximum absolute atomic E-state index is 12.3. The van der Waals surface area contributed by atoms with E-state index in [-0.39, 0.29) is 12.1 Å². The van der Waals surface area contributed by atoms with Gasteiger partial charge in [0, 0.05) is 30.9 Å². The van der Waals surface area contributed by atoms with E-state index in [4.69, 9.17) is 0 Å². The molecule has 21 heavy (non-hydrogen) atoms. The molecule has 2 aliphatic heterocycles. The molecule has 2 aromatic rings. The van der Waals surface area contributed by atoms with Gasteiger partial charge < -0.3 is 10.2 Å². The Kier molecular flexibility index (Phi) is 3.00. The van der Waals surface area contributed by atoms with Crippen molar-refractivity contribution >= 4 is 6.03 Å². The highest BCUT2D eigenvalue weighted by Crippen LogP contribution is 2.27. The third-order valence-corrected chi connectivity index (χ3v) is 4.54. The molecular formula is C16H18N4O. The Morgan fingerprint density at radius 3 is 2.76 bits per heavy atom. The summed E-state index contributed by atoms with van der Waals surface area (Å²) in [7, 11) is 0. The highest BCUT2D eigenvalue weighted by atomic mass is 16.2. The third kappa shape index (κ3) is 2.34. The largest absolute Gasteiger partial charge is 0.342 e. The van der Waals surface area contributed by atoms with Crippen LogP contribution in [0, 0.1) is 5.92 Å². The van der Waals surface area contributed by atoms with Crippen LogP contribution in [-0.4, -0.2) is 46.4 Å². The zero-order valence-electron chi connectivity index (χ0n) is 11.8. The molecule has 1 aromatic carbocycles. The highest BCUT2D eigenvalue weighted by molar-refractivity contribution is 5.77. The van der Waals surface area contributed by atoms with Crippen molar-refractivity contribution in [3.63, 3.8) is 0 Å². The number of amides is 1. The molecule has 1 aromatic heterocycles. The summed E-state index contributed by atoms with van der Waals surface area (Å²) in [5.41, 5.74) is 2.03. The molecule has 108 valence electrons.